The van der Waals surface area contributed by atoms with Crippen molar-refractivity contribution in [3.63, 3.8) is 0 Å². The third-order valence-corrected chi connectivity index (χ3v) is 3.55. The van der Waals surface area contributed by atoms with Gasteiger partial charge in [-0.25, -0.2) is 0 Å². The lowest BCUT2D eigenvalue weighted by Crippen LogP contribution is -2.00. The molecule has 2 aromatic carbocycles. The Labute approximate surface area is 129 Å². The van der Waals surface area contributed by atoms with Gasteiger partial charge in [-0.1, -0.05) is 12.1 Å². The first kappa shape index (κ1) is 15.2. The van der Waals surface area contributed by atoms with Gasteiger partial charge in [-0.2, -0.15) is 5.26 Å². The summed E-state index contributed by atoms with van der Waals surface area (Å²) < 4.78 is 11.1. The van der Waals surface area contributed by atoms with Gasteiger partial charge in [-0.15, -0.1) is 11.6 Å². The van der Waals surface area contributed by atoms with Crippen LogP contribution in [0.3, 0.4) is 0 Å². The first-order valence-corrected chi connectivity index (χ1v) is 7.06. The first-order valence-electron chi connectivity index (χ1n) is 6.53. The molecule has 0 N–H and O–H groups in total. The lowest BCUT2D eigenvalue weighted by atomic mass is 10.1. The quantitative estimate of drug-likeness (QED) is 0.778. The van der Waals surface area contributed by atoms with Gasteiger partial charge in [-0.05, 0) is 47.9 Å². The monoisotopic (exact) mass is 301 g/mol. The molecular weight excluding hydrogens is 286 g/mol. The molecule has 2 rings (SSSR count). The normalized spacial score (nSPS) is 10.0. The Kier molecular flexibility index (Phi) is 5.08. The average molecular weight is 302 g/mol. The lowest BCUT2D eigenvalue weighted by Gasteiger charge is -2.13. The molecule has 3 nitrogen and oxygen atoms in total. The highest BCUT2D eigenvalue weighted by molar-refractivity contribution is 6.17. The number of nitriles is 1. The Bertz CT molecular complexity index is 677. The largest absolute Gasteiger partial charge is 0.493 e. The molecule has 0 aliphatic carbocycles. The minimum absolute atomic E-state index is 0.416. The SMILES string of the molecule is COc1ccc(CCl)cc1OCc1ccc(C#N)cc1C. The molecule has 0 aliphatic heterocycles. The number of benzene rings is 2. The molecule has 0 radical (unpaired) electrons. The van der Waals surface area contributed by atoms with Crippen LogP contribution in [-0.4, -0.2) is 7.11 Å². The molecule has 0 unspecified atom stereocenters. The summed E-state index contributed by atoms with van der Waals surface area (Å²) in [5.74, 6) is 1.77. The van der Waals surface area contributed by atoms with Gasteiger partial charge in [-0.3, -0.25) is 0 Å². The van der Waals surface area contributed by atoms with E-state index in [1.165, 1.54) is 0 Å². The molecule has 0 bridgehead atoms. The van der Waals surface area contributed by atoms with Gasteiger partial charge >= 0.3 is 0 Å². The molecule has 0 amide bonds. The fourth-order valence-corrected chi connectivity index (χ4v) is 2.17. The Hall–Kier alpha value is -2.18. The summed E-state index contributed by atoms with van der Waals surface area (Å²) in [6.45, 7) is 2.38. The van der Waals surface area contributed by atoms with E-state index in [2.05, 4.69) is 6.07 Å². The van der Waals surface area contributed by atoms with Crippen molar-refractivity contribution in [3.8, 4) is 17.6 Å². The number of hydrogen-bond donors (Lipinski definition) is 0. The highest BCUT2D eigenvalue weighted by Gasteiger charge is 2.07. The maximum absolute atomic E-state index is 8.88. The Morgan fingerprint density at radius 3 is 2.57 bits per heavy atom. The van der Waals surface area contributed by atoms with E-state index < -0.39 is 0 Å². The van der Waals surface area contributed by atoms with E-state index in [0.29, 0.717) is 29.5 Å². The van der Waals surface area contributed by atoms with Gasteiger partial charge in [0.1, 0.15) is 6.61 Å². The summed E-state index contributed by atoms with van der Waals surface area (Å²) in [5.41, 5.74) is 3.69. The molecular formula is C17H16ClNO2. The van der Waals surface area contributed by atoms with Crippen molar-refractivity contribution in [2.75, 3.05) is 7.11 Å². The molecule has 0 fully saturated rings. The van der Waals surface area contributed by atoms with Gasteiger partial charge in [0, 0.05) is 5.88 Å². The van der Waals surface area contributed by atoms with Crippen molar-refractivity contribution in [2.24, 2.45) is 0 Å². The van der Waals surface area contributed by atoms with Crippen LogP contribution in [0, 0.1) is 18.3 Å². The smallest absolute Gasteiger partial charge is 0.161 e. The third kappa shape index (κ3) is 3.68. The number of methoxy groups -OCH3 is 1. The zero-order valence-corrected chi connectivity index (χ0v) is 12.8. The van der Waals surface area contributed by atoms with Crippen LogP contribution in [0.5, 0.6) is 11.5 Å². The second kappa shape index (κ2) is 7.01. The summed E-state index contributed by atoms with van der Waals surface area (Å²) in [4.78, 5) is 0. The zero-order valence-electron chi connectivity index (χ0n) is 12.0. The van der Waals surface area contributed by atoms with Crippen molar-refractivity contribution < 1.29 is 9.47 Å². The van der Waals surface area contributed by atoms with Gasteiger partial charge in [0.05, 0.1) is 18.7 Å². The molecule has 108 valence electrons. The fourth-order valence-electron chi connectivity index (χ4n) is 2.00. The van der Waals surface area contributed by atoms with Crippen LogP contribution in [0.2, 0.25) is 0 Å². The second-order valence-electron chi connectivity index (χ2n) is 4.66. The molecule has 4 heteroatoms. The third-order valence-electron chi connectivity index (χ3n) is 3.24. The lowest BCUT2D eigenvalue weighted by molar-refractivity contribution is 0.283. The van der Waals surface area contributed by atoms with Gasteiger partial charge in [0.15, 0.2) is 11.5 Å². The van der Waals surface area contributed by atoms with E-state index in [-0.39, 0.29) is 0 Å². The maximum atomic E-state index is 8.88. The Balaban J connectivity index is 2.18. The molecule has 0 heterocycles. The van der Waals surface area contributed by atoms with Crippen LogP contribution >= 0.6 is 11.6 Å². The Morgan fingerprint density at radius 1 is 1.14 bits per heavy atom. The summed E-state index contributed by atoms with van der Waals surface area (Å²) in [7, 11) is 1.61. The molecule has 0 aromatic heterocycles. The number of nitrogens with zero attached hydrogens (tertiary/aromatic N) is 1. The predicted molar refractivity (Wildman–Crippen MR) is 82.8 cm³/mol. The van der Waals surface area contributed by atoms with Crippen LogP contribution in [-0.2, 0) is 12.5 Å². The number of alkyl halides is 1. The minimum Gasteiger partial charge on any atom is -0.493 e. The van der Waals surface area contributed by atoms with Crippen LogP contribution in [0.4, 0.5) is 0 Å². The highest BCUT2D eigenvalue weighted by atomic mass is 35.5. The molecule has 2 aromatic rings. The number of ether oxygens (including phenoxy) is 2. The zero-order chi connectivity index (χ0) is 15.2. The summed E-state index contributed by atoms with van der Waals surface area (Å²) in [6, 6.07) is 13.3. The molecule has 0 aliphatic rings. The van der Waals surface area contributed by atoms with Crippen LogP contribution in [0.25, 0.3) is 0 Å². The first-order chi connectivity index (χ1) is 10.2. The summed E-state index contributed by atoms with van der Waals surface area (Å²) >= 11 is 5.84. The van der Waals surface area contributed by atoms with E-state index in [1.54, 1.807) is 13.2 Å². The van der Waals surface area contributed by atoms with E-state index >= 15 is 0 Å². The van der Waals surface area contributed by atoms with Crippen molar-refractivity contribution in [3.05, 3.63) is 58.7 Å². The fraction of sp³-hybridized carbons (Fsp3) is 0.235. The Morgan fingerprint density at radius 2 is 1.95 bits per heavy atom. The van der Waals surface area contributed by atoms with Crippen molar-refractivity contribution in [2.45, 2.75) is 19.4 Å². The van der Waals surface area contributed by atoms with Crippen LogP contribution < -0.4 is 9.47 Å². The number of hydrogen-bond acceptors (Lipinski definition) is 3. The van der Waals surface area contributed by atoms with E-state index in [9.17, 15) is 0 Å². The predicted octanol–water partition coefficient (Wildman–Crippen LogP) is 4.19. The molecule has 0 spiro atoms. The molecule has 0 atom stereocenters. The second-order valence-corrected chi connectivity index (χ2v) is 4.93. The molecule has 0 saturated heterocycles. The molecule has 0 saturated carbocycles. The van der Waals surface area contributed by atoms with Crippen molar-refractivity contribution in [1.29, 1.82) is 5.26 Å². The van der Waals surface area contributed by atoms with E-state index in [0.717, 1.165) is 16.7 Å². The summed E-state index contributed by atoms with van der Waals surface area (Å²) in [6.07, 6.45) is 0. The van der Waals surface area contributed by atoms with Gasteiger partial charge in [0.25, 0.3) is 0 Å². The van der Waals surface area contributed by atoms with Crippen LogP contribution in [0.15, 0.2) is 36.4 Å². The number of rotatable bonds is 5. The maximum Gasteiger partial charge on any atom is 0.161 e. The van der Waals surface area contributed by atoms with Gasteiger partial charge in [0.2, 0.25) is 0 Å². The summed E-state index contributed by atoms with van der Waals surface area (Å²) in [5, 5.41) is 8.88. The minimum atomic E-state index is 0.416. The molecule has 21 heavy (non-hydrogen) atoms. The van der Waals surface area contributed by atoms with Crippen molar-refractivity contribution >= 4 is 11.6 Å². The highest BCUT2D eigenvalue weighted by Crippen LogP contribution is 2.29. The topological polar surface area (TPSA) is 42.2 Å². The van der Waals surface area contributed by atoms with Gasteiger partial charge < -0.3 is 9.47 Å². The standard InChI is InChI=1S/C17H16ClNO2/c1-12-7-14(10-19)3-5-15(12)11-21-17-8-13(9-18)4-6-16(17)20-2/h3-8H,9,11H2,1-2H3. The number of aryl methyl sites for hydroxylation is 1. The van der Waals surface area contributed by atoms with Crippen LogP contribution in [0.1, 0.15) is 22.3 Å². The average Bonchev–Trinajstić information content (AvgIpc) is 2.53. The van der Waals surface area contributed by atoms with E-state index in [4.69, 9.17) is 26.3 Å². The van der Waals surface area contributed by atoms with E-state index in [1.807, 2.05) is 37.3 Å². The van der Waals surface area contributed by atoms with Crippen molar-refractivity contribution in [1.82, 2.24) is 0 Å². The number of halogens is 1.